The number of hydrogen-bond acceptors (Lipinski definition) is 7. The third-order valence-corrected chi connectivity index (χ3v) is 8.06. The van der Waals surface area contributed by atoms with Crippen LogP contribution in [0.3, 0.4) is 0 Å². The molecule has 10 heteroatoms. The van der Waals surface area contributed by atoms with Crippen LogP contribution in [0.25, 0.3) is 0 Å². The van der Waals surface area contributed by atoms with Crippen molar-refractivity contribution in [3.05, 3.63) is 51.4 Å². The van der Waals surface area contributed by atoms with E-state index in [9.17, 15) is 14.7 Å². The normalized spacial score (nSPS) is 20.3. The van der Waals surface area contributed by atoms with Gasteiger partial charge in [-0.05, 0) is 65.0 Å². The van der Waals surface area contributed by atoms with E-state index in [4.69, 9.17) is 21.1 Å². The van der Waals surface area contributed by atoms with Crippen LogP contribution in [0.5, 0.6) is 5.75 Å². The van der Waals surface area contributed by atoms with Gasteiger partial charge in [0.1, 0.15) is 16.5 Å². The molecule has 2 aliphatic rings. The fourth-order valence-electron chi connectivity index (χ4n) is 5.80. The summed E-state index contributed by atoms with van der Waals surface area (Å²) in [6.07, 6.45) is 3.71. The van der Waals surface area contributed by atoms with Gasteiger partial charge in [-0.1, -0.05) is 36.6 Å². The number of aromatic nitrogens is 1. The van der Waals surface area contributed by atoms with Gasteiger partial charge >= 0.3 is 5.97 Å². The molecule has 0 spiro atoms. The van der Waals surface area contributed by atoms with E-state index in [1.165, 1.54) is 7.11 Å². The minimum absolute atomic E-state index is 0.0163. The molecule has 2 heterocycles. The number of carbonyl (C=O) groups is 2. The van der Waals surface area contributed by atoms with E-state index in [1.54, 1.807) is 36.9 Å². The number of anilines is 1. The molecule has 218 valence electrons. The molecule has 2 N–H and O–H groups in total. The van der Waals surface area contributed by atoms with Crippen LogP contribution in [0, 0.1) is 11.7 Å². The van der Waals surface area contributed by atoms with E-state index >= 15 is 4.39 Å². The van der Waals surface area contributed by atoms with Crippen LogP contribution < -0.4 is 10.1 Å². The maximum Gasteiger partial charge on any atom is 0.306 e. The molecule has 1 aromatic heterocycles. The summed E-state index contributed by atoms with van der Waals surface area (Å²) in [6.45, 7) is 9.06. The number of esters is 1. The third-order valence-electron chi connectivity index (χ3n) is 7.78. The smallest absolute Gasteiger partial charge is 0.306 e. The maximum atomic E-state index is 16.2. The zero-order chi connectivity index (χ0) is 29.4. The number of nitrogens with zero attached hydrogens (tertiary/aromatic N) is 2. The first-order chi connectivity index (χ1) is 18.8. The van der Waals surface area contributed by atoms with Crippen LogP contribution in [-0.4, -0.2) is 45.6 Å². The molecule has 2 aromatic rings. The second kappa shape index (κ2) is 11.5. The van der Waals surface area contributed by atoms with E-state index in [0.29, 0.717) is 16.9 Å². The molecule has 2 atom stereocenters. The topological polar surface area (TPSA) is 101 Å². The van der Waals surface area contributed by atoms with E-state index in [2.05, 4.69) is 10.3 Å². The van der Waals surface area contributed by atoms with Crippen molar-refractivity contribution in [3.63, 3.8) is 0 Å². The van der Waals surface area contributed by atoms with Gasteiger partial charge in [-0.2, -0.15) is 0 Å². The van der Waals surface area contributed by atoms with Crippen LogP contribution >= 0.6 is 11.6 Å². The maximum absolute atomic E-state index is 16.2. The number of benzene rings is 1. The number of rotatable bonds is 8. The Morgan fingerprint density at radius 3 is 2.62 bits per heavy atom. The Morgan fingerprint density at radius 1 is 1.27 bits per heavy atom. The highest BCUT2D eigenvalue weighted by Gasteiger charge is 2.48. The summed E-state index contributed by atoms with van der Waals surface area (Å²) < 4.78 is 27.3. The van der Waals surface area contributed by atoms with Gasteiger partial charge in [-0.3, -0.25) is 9.59 Å². The highest BCUT2D eigenvalue weighted by Crippen LogP contribution is 2.46. The molecule has 1 aromatic carbocycles. The Labute approximate surface area is 240 Å². The summed E-state index contributed by atoms with van der Waals surface area (Å²) in [6, 6.07) is 5.06. The molecule has 1 saturated carbocycles. The van der Waals surface area contributed by atoms with Gasteiger partial charge in [-0.15, -0.1) is 0 Å². The van der Waals surface area contributed by atoms with E-state index in [-0.39, 0.29) is 59.6 Å². The van der Waals surface area contributed by atoms with Crippen molar-refractivity contribution in [1.82, 2.24) is 9.88 Å². The number of carbonyl (C=O) groups excluding carboxylic acids is 2. The number of ether oxygens (including phenoxy) is 2. The lowest BCUT2D eigenvalue weighted by Crippen LogP contribution is -2.39. The molecular formula is C30H39ClFN3O5. The van der Waals surface area contributed by atoms with Crippen molar-refractivity contribution in [3.8, 4) is 5.75 Å². The first-order valence-electron chi connectivity index (χ1n) is 13.7. The Bertz CT molecular complexity index is 1290. The SMILES string of the molecule is COc1cc(CO)ccc1CN1C(=O)c2c(Cl)nc(N[C@@H]3CCCC[C@@H]3CC(=O)OC(C)(C)C)c(F)c2C1(C)C. The van der Waals surface area contributed by atoms with E-state index < -0.39 is 22.9 Å². The van der Waals surface area contributed by atoms with Crippen molar-refractivity contribution < 1.29 is 28.6 Å². The summed E-state index contributed by atoms with van der Waals surface area (Å²) in [5, 5.41) is 12.6. The van der Waals surface area contributed by atoms with Crippen molar-refractivity contribution >= 4 is 29.3 Å². The molecule has 0 saturated heterocycles. The summed E-state index contributed by atoms with van der Waals surface area (Å²) in [5.41, 5.74) is 0.00881. The predicted molar refractivity (Wildman–Crippen MR) is 151 cm³/mol. The Balaban J connectivity index is 1.62. The summed E-state index contributed by atoms with van der Waals surface area (Å²) >= 11 is 6.55. The van der Waals surface area contributed by atoms with Crippen molar-refractivity contribution in [1.29, 1.82) is 0 Å². The molecule has 0 unspecified atom stereocenters. The predicted octanol–water partition coefficient (Wildman–Crippen LogP) is 5.97. The number of halogens is 2. The molecule has 1 aliphatic heterocycles. The monoisotopic (exact) mass is 575 g/mol. The number of hydrogen-bond donors (Lipinski definition) is 2. The molecule has 4 rings (SSSR count). The number of aliphatic hydroxyl groups is 1. The quantitative estimate of drug-likeness (QED) is 0.295. The van der Waals surface area contributed by atoms with E-state index in [1.807, 2.05) is 20.8 Å². The van der Waals surface area contributed by atoms with Crippen molar-refractivity contribution in [2.75, 3.05) is 12.4 Å². The summed E-state index contributed by atoms with van der Waals surface area (Å²) in [4.78, 5) is 32.0. The number of amides is 1. The second-order valence-corrected chi connectivity index (χ2v) is 12.5. The highest BCUT2D eigenvalue weighted by atomic mass is 35.5. The lowest BCUT2D eigenvalue weighted by Gasteiger charge is -2.34. The van der Waals surface area contributed by atoms with Gasteiger partial charge in [0.25, 0.3) is 5.91 Å². The Hall–Kier alpha value is -2.91. The Morgan fingerprint density at radius 2 is 1.98 bits per heavy atom. The number of pyridine rings is 1. The standard InChI is InChI=1S/C30H39ClFN3O5/c1-29(2,3)40-22(37)14-18-9-7-8-10-20(18)33-27-25(32)24-23(26(31)34-27)28(38)35(30(24,4)5)15-19-12-11-17(16-36)13-21(19)39-6/h11-13,18,20,36H,7-10,14-16H2,1-6H3,(H,33,34)/t18-,20-/m1/s1. The zero-order valence-corrected chi connectivity index (χ0v) is 24.8. The van der Waals surface area contributed by atoms with Gasteiger partial charge < -0.3 is 24.8 Å². The van der Waals surface area contributed by atoms with Crippen LogP contribution in [0.2, 0.25) is 5.15 Å². The first-order valence-corrected chi connectivity index (χ1v) is 14.1. The second-order valence-electron chi connectivity index (χ2n) is 12.2. The molecular weight excluding hydrogens is 537 g/mol. The van der Waals surface area contributed by atoms with Gasteiger partial charge in [-0.25, -0.2) is 9.37 Å². The highest BCUT2D eigenvalue weighted by molar-refractivity contribution is 6.33. The van der Waals surface area contributed by atoms with Crippen molar-refractivity contribution in [2.45, 2.75) is 97.1 Å². The van der Waals surface area contributed by atoms with Gasteiger partial charge in [0.05, 0.1) is 37.8 Å². The molecule has 40 heavy (non-hydrogen) atoms. The number of methoxy groups -OCH3 is 1. The fraction of sp³-hybridized carbons (Fsp3) is 0.567. The number of nitrogens with one attached hydrogen (secondary N) is 1. The van der Waals surface area contributed by atoms with Crippen LogP contribution in [0.4, 0.5) is 10.2 Å². The average Bonchev–Trinajstić information content (AvgIpc) is 3.08. The third kappa shape index (κ3) is 6.05. The number of aliphatic hydroxyl groups excluding tert-OH is 1. The minimum Gasteiger partial charge on any atom is -0.496 e. The van der Waals surface area contributed by atoms with Crippen LogP contribution in [-0.2, 0) is 28.2 Å². The molecule has 0 bridgehead atoms. The summed E-state index contributed by atoms with van der Waals surface area (Å²) in [7, 11) is 1.52. The van der Waals surface area contributed by atoms with E-state index in [0.717, 1.165) is 25.7 Å². The zero-order valence-electron chi connectivity index (χ0n) is 24.1. The van der Waals surface area contributed by atoms with Crippen LogP contribution in [0.15, 0.2) is 18.2 Å². The molecule has 8 nitrogen and oxygen atoms in total. The fourth-order valence-corrected chi connectivity index (χ4v) is 6.06. The molecule has 1 aliphatic carbocycles. The van der Waals surface area contributed by atoms with Gasteiger partial charge in [0.15, 0.2) is 11.6 Å². The lowest BCUT2D eigenvalue weighted by atomic mass is 9.82. The largest absolute Gasteiger partial charge is 0.496 e. The van der Waals surface area contributed by atoms with Crippen LogP contribution in [0.1, 0.15) is 93.8 Å². The molecule has 1 amide bonds. The summed E-state index contributed by atoms with van der Waals surface area (Å²) in [5.74, 6) is -0.862. The van der Waals surface area contributed by atoms with Crippen molar-refractivity contribution in [2.24, 2.45) is 5.92 Å². The number of fused-ring (bicyclic) bond motifs is 1. The minimum atomic E-state index is -1.04. The Kier molecular flexibility index (Phi) is 8.66. The average molecular weight is 576 g/mol. The van der Waals surface area contributed by atoms with Gasteiger partial charge in [0, 0.05) is 17.2 Å². The first kappa shape index (κ1) is 30.1. The molecule has 0 radical (unpaired) electrons. The lowest BCUT2D eigenvalue weighted by molar-refractivity contribution is -0.156. The van der Waals surface area contributed by atoms with Gasteiger partial charge in [0.2, 0.25) is 0 Å². The molecule has 1 fully saturated rings.